The molecular formula is C16H14BrNO2. The second-order valence-corrected chi connectivity index (χ2v) is 5.01. The molecule has 0 saturated heterocycles. The van der Waals surface area contributed by atoms with Crippen LogP contribution >= 0.6 is 15.9 Å². The van der Waals surface area contributed by atoms with Crippen LogP contribution in [0.3, 0.4) is 0 Å². The van der Waals surface area contributed by atoms with Crippen LogP contribution in [0.5, 0.6) is 5.75 Å². The van der Waals surface area contributed by atoms with Crippen LogP contribution in [0.4, 0.5) is 0 Å². The summed E-state index contributed by atoms with van der Waals surface area (Å²) in [6, 6.07) is 15.2. The number of hydrogen-bond acceptors (Lipinski definition) is 3. The van der Waals surface area contributed by atoms with Gasteiger partial charge in [0.1, 0.15) is 11.5 Å². The third kappa shape index (κ3) is 3.71. The fourth-order valence-electron chi connectivity index (χ4n) is 1.70. The number of hydrogen-bond donors (Lipinski definition) is 1. The molecule has 102 valence electrons. The SMILES string of the molecule is COc1ccc(/C=C/C(=N\O)c2ccc(Br)cc2)cc1. The van der Waals surface area contributed by atoms with Gasteiger partial charge in [-0.25, -0.2) is 0 Å². The average molecular weight is 332 g/mol. The molecule has 2 aromatic rings. The van der Waals surface area contributed by atoms with Gasteiger partial charge in [-0.1, -0.05) is 51.4 Å². The van der Waals surface area contributed by atoms with E-state index in [1.54, 1.807) is 13.2 Å². The Morgan fingerprint density at radius 1 is 1.10 bits per heavy atom. The standard InChI is InChI=1S/C16H14BrNO2/c1-20-15-9-2-12(3-10-15)4-11-16(18-19)13-5-7-14(17)8-6-13/h2-11,19H,1H3/b11-4+,18-16+. The van der Waals surface area contributed by atoms with Crippen molar-refractivity contribution in [1.29, 1.82) is 0 Å². The molecule has 1 N–H and O–H groups in total. The van der Waals surface area contributed by atoms with E-state index in [0.29, 0.717) is 5.71 Å². The lowest BCUT2D eigenvalue weighted by Crippen LogP contribution is -1.96. The Kier molecular flexibility index (Phi) is 4.96. The van der Waals surface area contributed by atoms with Gasteiger partial charge in [-0.15, -0.1) is 0 Å². The van der Waals surface area contributed by atoms with Crippen molar-refractivity contribution in [2.45, 2.75) is 0 Å². The molecule has 4 heteroatoms. The second kappa shape index (κ2) is 6.91. The molecule has 0 aromatic heterocycles. The molecule has 0 saturated carbocycles. The lowest BCUT2D eigenvalue weighted by molar-refractivity contribution is 0.320. The van der Waals surface area contributed by atoms with E-state index in [4.69, 9.17) is 9.94 Å². The van der Waals surface area contributed by atoms with Gasteiger partial charge >= 0.3 is 0 Å². The smallest absolute Gasteiger partial charge is 0.118 e. The molecule has 2 rings (SSSR count). The molecule has 3 nitrogen and oxygen atoms in total. The van der Waals surface area contributed by atoms with Crippen molar-refractivity contribution in [2.24, 2.45) is 5.16 Å². The second-order valence-electron chi connectivity index (χ2n) is 4.10. The van der Waals surface area contributed by atoms with Crippen LogP contribution in [-0.2, 0) is 0 Å². The highest BCUT2D eigenvalue weighted by atomic mass is 79.9. The van der Waals surface area contributed by atoms with Crippen molar-refractivity contribution >= 4 is 27.7 Å². The first-order valence-corrected chi connectivity index (χ1v) is 6.82. The summed E-state index contributed by atoms with van der Waals surface area (Å²) in [4.78, 5) is 0. The van der Waals surface area contributed by atoms with E-state index in [9.17, 15) is 0 Å². The zero-order valence-electron chi connectivity index (χ0n) is 11.0. The van der Waals surface area contributed by atoms with Gasteiger partial charge in [-0.3, -0.25) is 0 Å². The van der Waals surface area contributed by atoms with Gasteiger partial charge in [0, 0.05) is 10.0 Å². The fourth-order valence-corrected chi connectivity index (χ4v) is 1.96. The highest BCUT2D eigenvalue weighted by Crippen LogP contribution is 2.14. The molecule has 0 fully saturated rings. The summed E-state index contributed by atoms with van der Waals surface area (Å²) in [5.41, 5.74) is 2.36. The van der Waals surface area contributed by atoms with Crippen molar-refractivity contribution in [3.8, 4) is 5.75 Å². The fraction of sp³-hybridized carbons (Fsp3) is 0.0625. The van der Waals surface area contributed by atoms with Gasteiger partial charge in [-0.05, 0) is 35.9 Å². The third-order valence-electron chi connectivity index (χ3n) is 2.80. The van der Waals surface area contributed by atoms with E-state index in [0.717, 1.165) is 21.3 Å². The molecule has 0 aliphatic carbocycles. The number of rotatable bonds is 4. The Morgan fingerprint density at radius 3 is 2.30 bits per heavy atom. The molecule has 0 radical (unpaired) electrons. The largest absolute Gasteiger partial charge is 0.497 e. The van der Waals surface area contributed by atoms with Crippen LogP contribution in [0, 0.1) is 0 Å². The van der Waals surface area contributed by atoms with Gasteiger partial charge < -0.3 is 9.94 Å². The van der Waals surface area contributed by atoms with E-state index in [-0.39, 0.29) is 0 Å². The third-order valence-corrected chi connectivity index (χ3v) is 3.33. The van der Waals surface area contributed by atoms with Crippen LogP contribution < -0.4 is 4.74 Å². The van der Waals surface area contributed by atoms with Crippen LogP contribution in [0.25, 0.3) is 6.08 Å². The van der Waals surface area contributed by atoms with E-state index in [2.05, 4.69) is 21.1 Å². The number of halogens is 1. The van der Waals surface area contributed by atoms with Crippen LogP contribution in [-0.4, -0.2) is 18.0 Å². The van der Waals surface area contributed by atoms with Gasteiger partial charge in [-0.2, -0.15) is 0 Å². The van der Waals surface area contributed by atoms with Crippen LogP contribution in [0.1, 0.15) is 11.1 Å². The minimum atomic E-state index is 0.508. The predicted molar refractivity (Wildman–Crippen MR) is 84.5 cm³/mol. The molecule has 0 amide bonds. The average Bonchev–Trinajstić information content (AvgIpc) is 2.50. The highest BCUT2D eigenvalue weighted by molar-refractivity contribution is 9.10. The summed E-state index contributed by atoms with van der Waals surface area (Å²) in [5, 5.41) is 12.4. The molecule has 0 bridgehead atoms. The molecule has 0 unspecified atom stereocenters. The highest BCUT2D eigenvalue weighted by Gasteiger charge is 2.00. The zero-order chi connectivity index (χ0) is 14.4. The number of methoxy groups -OCH3 is 1. The van der Waals surface area contributed by atoms with Crippen molar-refractivity contribution in [2.75, 3.05) is 7.11 Å². The summed E-state index contributed by atoms with van der Waals surface area (Å²) < 4.78 is 6.09. The summed E-state index contributed by atoms with van der Waals surface area (Å²) in [7, 11) is 1.63. The monoisotopic (exact) mass is 331 g/mol. The van der Waals surface area contributed by atoms with Gasteiger partial charge in [0.05, 0.1) is 7.11 Å². The molecule has 2 aromatic carbocycles. The van der Waals surface area contributed by atoms with Crippen LogP contribution in [0.15, 0.2) is 64.2 Å². The maximum Gasteiger partial charge on any atom is 0.118 e. The molecule has 0 aliphatic rings. The lowest BCUT2D eigenvalue weighted by atomic mass is 10.1. The first kappa shape index (κ1) is 14.3. The maximum atomic E-state index is 9.11. The maximum absolute atomic E-state index is 9.11. The number of oxime groups is 1. The first-order chi connectivity index (χ1) is 9.72. The van der Waals surface area contributed by atoms with E-state index < -0.39 is 0 Å². The summed E-state index contributed by atoms with van der Waals surface area (Å²) >= 11 is 3.37. The van der Waals surface area contributed by atoms with Gasteiger partial charge in [0.15, 0.2) is 0 Å². The van der Waals surface area contributed by atoms with E-state index in [1.807, 2.05) is 54.6 Å². The van der Waals surface area contributed by atoms with Crippen molar-refractivity contribution in [3.63, 3.8) is 0 Å². The van der Waals surface area contributed by atoms with Crippen molar-refractivity contribution < 1.29 is 9.94 Å². The zero-order valence-corrected chi connectivity index (χ0v) is 12.5. The van der Waals surface area contributed by atoms with Gasteiger partial charge in [0.2, 0.25) is 0 Å². The number of benzene rings is 2. The summed E-state index contributed by atoms with van der Waals surface area (Å²) in [6.07, 6.45) is 3.65. The van der Waals surface area contributed by atoms with Crippen molar-refractivity contribution in [1.82, 2.24) is 0 Å². The minimum absolute atomic E-state index is 0.508. The van der Waals surface area contributed by atoms with E-state index in [1.165, 1.54) is 0 Å². The molecule has 0 atom stereocenters. The minimum Gasteiger partial charge on any atom is -0.497 e. The lowest BCUT2D eigenvalue weighted by Gasteiger charge is -2.01. The van der Waals surface area contributed by atoms with E-state index >= 15 is 0 Å². The quantitative estimate of drug-likeness (QED) is 0.514. The Morgan fingerprint density at radius 2 is 1.75 bits per heavy atom. The van der Waals surface area contributed by atoms with Gasteiger partial charge in [0.25, 0.3) is 0 Å². The molecular weight excluding hydrogens is 318 g/mol. The Hall–Kier alpha value is -2.07. The number of nitrogens with zero attached hydrogens (tertiary/aromatic N) is 1. The molecule has 20 heavy (non-hydrogen) atoms. The summed E-state index contributed by atoms with van der Waals surface area (Å²) in [6.45, 7) is 0. The Bertz CT molecular complexity index is 616. The molecule has 0 heterocycles. The van der Waals surface area contributed by atoms with Crippen molar-refractivity contribution in [3.05, 3.63) is 70.2 Å². The molecule has 0 aliphatic heterocycles. The van der Waals surface area contributed by atoms with Crippen LogP contribution in [0.2, 0.25) is 0 Å². The molecule has 0 spiro atoms. The predicted octanol–water partition coefficient (Wildman–Crippen LogP) is 4.35. The number of ether oxygens (including phenoxy) is 1. The number of allylic oxidation sites excluding steroid dienone is 1. The topological polar surface area (TPSA) is 41.8 Å². The normalized spacial score (nSPS) is 11.8. The Labute approximate surface area is 126 Å². The Balaban J connectivity index is 2.17. The summed E-state index contributed by atoms with van der Waals surface area (Å²) in [5.74, 6) is 0.811. The first-order valence-electron chi connectivity index (χ1n) is 6.03.